The smallest absolute Gasteiger partial charge is 0.246 e. The Morgan fingerprint density at radius 3 is 2.85 bits per heavy atom. The van der Waals surface area contributed by atoms with Crippen molar-refractivity contribution >= 4 is 17.6 Å². The van der Waals surface area contributed by atoms with Crippen LogP contribution >= 0.6 is 0 Å². The van der Waals surface area contributed by atoms with Crippen molar-refractivity contribution in [3.05, 3.63) is 12.4 Å². The van der Waals surface area contributed by atoms with Gasteiger partial charge in [0.15, 0.2) is 5.96 Å². The first kappa shape index (κ1) is 18.7. The highest BCUT2D eigenvalue weighted by Gasteiger charge is 2.27. The third kappa shape index (κ3) is 4.35. The number of aliphatic imine (C=N–C) groups is 1. The molecule has 1 amide bonds. The van der Waals surface area contributed by atoms with E-state index in [0.717, 1.165) is 31.3 Å². The van der Waals surface area contributed by atoms with Gasteiger partial charge in [-0.05, 0) is 26.3 Å². The van der Waals surface area contributed by atoms with Crippen LogP contribution in [0.5, 0.6) is 0 Å². The first-order valence-electron chi connectivity index (χ1n) is 9.57. The summed E-state index contributed by atoms with van der Waals surface area (Å²) in [4.78, 5) is 23.3. The van der Waals surface area contributed by atoms with Gasteiger partial charge in [-0.3, -0.25) is 19.4 Å². The van der Waals surface area contributed by atoms with Crippen molar-refractivity contribution in [3.8, 4) is 0 Å². The number of hydrogen-bond donors (Lipinski definition) is 1. The van der Waals surface area contributed by atoms with E-state index in [1.54, 1.807) is 22.8 Å². The second-order valence-corrected chi connectivity index (χ2v) is 7.19. The largest absolute Gasteiger partial charge is 0.355 e. The summed E-state index contributed by atoms with van der Waals surface area (Å²) in [6.07, 6.45) is 7.54. The summed E-state index contributed by atoms with van der Waals surface area (Å²) >= 11 is 0. The fourth-order valence-electron chi connectivity index (χ4n) is 3.81. The lowest BCUT2D eigenvalue weighted by atomic mass is 10.0. The molecule has 0 aromatic carbocycles. The molecule has 2 fully saturated rings. The van der Waals surface area contributed by atoms with Crippen LogP contribution in [0.4, 0.5) is 5.69 Å². The van der Waals surface area contributed by atoms with E-state index in [2.05, 4.69) is 27.2 Å². The molecule has 1 atom stereocenters. The normalized spacial score (nSPS) is 22.8. The molecule has 2 aliphatic heterocycles. The molecule has 1 unspecified atom stereocenters. The van der Waals surface area contributed by atoms with Gasteiger partial charge in [0.25, 0.3) is 0 Å². The number of likely N-dealkylation sites (tertiary alicyclic amines) is 1. The maximum absolute atomic E-state index is 12.6. The zero-order chi connectivity index (χ0) is 18.5. The van der Waals surface area contributed by atoms with Gasteiger partial charge in [0.2, 0.25) is 5.91 Å². The van der Waals surface area contributed by atoms with Gasteiger partial charge in [-0.2, -0.15) is 5.10 Å². The van der Waals surface area contributed by atoms with E-state index < -0.39 is 0 Å². The van der Waals surface area contributed by atoms with E-state index in [4.69, 9.17) is 0 Å². The zero-order valence-corrected chi connectivity index (χ0v) is 16.2. The van der Waals surface area contributed by atoms with Crippen LogP contribution in [0.25, 0.3) is 0 Å². The Balaban J connectivity index is 1.49. The molecule has 0 bridgehead atoms. The number of piperazine rings is 1. The van der Waals surface area contributed by atoms with Gasteiger partial charge < -0.3 is 15.1 Å². The Kier molecular flexibility index (Phi) is 6.13. The molecule has 8 nitrogen and oxygen atoms in total. The van der Waals surface area contributed by atoms with Crippen molar-refractivity contribution in [2.45, 2.75) is 32.2 Å². The van der Waals surface area contributed by atoms with Crippen molar-refractivity contribution < 1.29 is 4.79 Å². The van der Waals surface area contributed by atoms with E-state index in [0.29, 0.717) is 19.1 Å². The fraction of sp³-hybridized carbons (Fsp3) is 0.722. The number of carbonyl (C=O) groups is 1. The highest BCUT2D eigenvalue weighted by atomic mass is 16.2. The summed E-state index contributed by atoms with van der Waals surface area (Å²) < 4.78 is 1.72. The summed E-state index contributed by atoms with van der Waals surface area (Å²) in [6, 6.07) is 0.664. The van der Waals surface area contributed by atoms with E-state index in [1.807, 2.05) is 18.1 Å². The molecule has 1 N–H and O–H groups in total. The van der Waals surface area contributed by atoms with Crippen LogP contribution in [-0.2, 0) is 11.8 Å². The number of rotatable bonds is 4. The minimum Gasteiger partial charge on any atom is -0.355 e. The number of aryl methyl sites for hydroxylation is 1. The van der Waals surface area contributed by atoms with Crippen LogP contribution in [0.1, 0.15) is 26.2 Å². The molecule has 0 saturated carbocycles. The van der Waals surface area contributed by atoms with Crippen LogP contribution in [-0.4, -0.2) is 83.8 Å². The van der Waals surface area contributed by atoms with Gasteiger partial charge in [0, 0.05) is 52.5 Å². The van der Waals surface area contributed by atoms with Gasteiger partial charge >= 0.3 is 0 Å². The van der Waals surface area contributed by atoms with Crippen molar-refractivity contribution in [2.24, 2.45) is 12.0 Å². The van der Waals surface area contributed by atoms with E-state index >= 15 is 0 Å². The second-order valence-electron chi connectivity index (χ2n) is 7.19. The third-order valence-electron chi connectivity index (χ3n) is 5.36. The molecular weight excluding hydrogens is 330 g/mol. The minimum atomic E-state index is 0.0804. The number of nitrogens with zero attached hydrogens (tertiary/aromatic N) is 6. The number of aromatic nitrogens is 2. The van der Waals surface area contributed by atoms with Gasteiger partial charge in [-0.25, -0.2) is 0 Å². The number of hydrogen-bond acceptors (Lipinski definition) is 4. The van der Waals surface area contributed by atoms with Crippen molar-refractivity contribution in [2.75, 3.05) is 51.2 Å². The Morgan fingerprint density at radius 2 is 2.19 bits per heavy atom. The summed E-state index contributed by atoms with van der Waals surface area (Å²) in [5.41, 5.74) is 0.860. The molecule has 1 aromatic rings. The summed E-state index contributed by atoms with van der Waals surface area (Å²) in [5, 5.41) is 7.59. The Bertz CT molecular complexity index is 641. The second kappa shape index (κ2) is 8.53. The monoisotopic (exact) mass is 361 g/mol. The van der Waals surface area contributed by atoms with Crippen molar-refractivity contribution in [1.82, 2.24) is 24.9 Å². The fourth-order valence-corrected chi connectivity index (χ4v) is 3.81. The molecule has 3 rings (SSSR count). The Hall–Kier alpha value is -2.09. The molecule has 26 heavy (non-hydrogen) atoms. The predicted octanol–water partition coefficient (Wildman–Crippen LogP) is 0.519. The third-order valence-corrected chi connectivity index (χ3v) is 5.36. The average molecular weight is 361 g/mol. The van der Waals surface area contributed by atoms with Crippen LogP contribution in [0.3, 0.4) is 0 Å². The first-order valence-corrected chi connectivity index (χ1v) is 9.57. The zero-order valence-electron chi connectivity index (χ0n) is 16.2. The number of piperidine rings is 1. The molecule has 2 aliphatic rings. The Morgan fingerprint density at radius 1 is 1.35 bits per heavy atom. The first-order chi connectivity index (χ1) is 12.6. The van der Waals surface area contributed by atoms with Crippen LogP contribution in [0.2, 0.25) is 0 Å². The van der Waals surface area contributed by atoms with Crippen molar-refractivity contribution in [1.29, 1.82) is 0 Å². The maximum Gasteiger partial charge on any atom is 0.246 e. The summed E-state index contributed by atoms with van der Waals surface area (Å²) in [5.74, 6) is 0.894. The molecule has 144 valence electrons. The summed E-state index contributed by atoms with van der Waals surface area (Å²) in [6.45, 7) is 7.12. The highest BCUT2D eigenvalue weighted by Crippen LogP contribution is 2.17. The lowest BCUT2D eigenvalue weighted by Crippen LogP contribution is -2.56. The van der Waals surface area contributed by atoms with Gasteiger partial charge in [0.05, 0.1) is 11.9 Å². The molecule has 3 heterocycles. The molecule has 2 saturated heterocycles. The number of carbonyl (C=O) groups excluding carboxylic acids is 1. The molecule has 0 radical (unpaired) electrons. The number of guanidine groups is 1. The standard InChI is InChI=1S/C18H31N7O/c1-15-6-4-5-8-23(15)9-7-20-18(19-2)24-10-11-25(17(26)14-24)16-12-21-22(3)13-16/h12-13,15H,4-11,14H2,1-3H3,(H,19,20). The molecule has 0 aliphatic carbocycles. The van der Waals surface area contributed by atoms with Crippen LogP contribution in [0, 0.1) is 0 Å². The van der Waals surface area contributed by atoms with Crippen molar-refractivity contribution in [3.63, 3.8) is 0 Å². The van der Waals surface area contributed by atoms with Crippen LogP contribution in [0.15, 0.2) is 17.4 Å². The summed E-state index contributed by atoms with van der Waals surface area (Å²) in [7, 11) is 3.64. The SMILES string of the molecule is CN=C(NCCN1CCCCC1C)N1CCN(c2cnn(C)c2)C(=O)C1. The molecule has 1 aromatic heterocycles. The molecule has 0 spiro atoms. The number of anilines is 1. The molecule has 8 heteroatoms. The quantitative estimate of drug-likeness (QED) is 0.625. The maximum atomic E-state index is 12.6. The van der Waals surface area contributed by atoms with E-state index in [1.165, 1.54) is 25.8 Å². The lowest BCUT2D eigenvalue weighted by Gasteiger charge is -2.36. The number of amides is 1. The van der Waals surface area contributed by atoms with Gasteiger partial charge in [-0.15, -0.1) is 0 Å². The minimum absolute atomic E-state index is 0.0804. The van der Waals surface area contributed by atoms with E-state index in [-0.39, 0.29) is 5.91 Å². The number of nitrogens with one attached hydrogen (secondary N) is 1. The lowest BCUT2D eigenvalue weighted by molar-refractivity contribution is -0.120. The predicted molar refractivity (Wildman–Crippen MR) is 103 cm³/mol. The van der Waals surface area contributed by atoms with Crippen LogP contribution < -0.4 is 10.2 Å². The molecular formula is C18H31N7O. The average Bonchev–Trinajstić information content (AvgIpc) is 3.06. The topological polar surface area (TPSA) is 69.0 Å². The Labute approximate surface area is 155 Å². The van der Waals surface area contributed by atoms with E-state index in [9.17, 15) is 4.79 Å². The highest BCUT2D eigenvalue weighted by molar-refractivity contribution is 5.98. The van der Waals surface area contributed by atoms with Gasteiger partial charge in [0.1, 0.15) is 6.54 Å². The van der Waals surface area contributed by atoms with Gasteiger partial charge in [-0.1, -0.05) is 6.42 Å².